The highest BCUT2D eigenvalue weighted by Crippen LogP contribution is 2.21. The number of hydrogen-bond donors (Lipinski definition) is 2. The summed E-state index contributed by atoms with van der Waals surface area (Å²) in [6, 6.07) is 2.76. The highest BCUT2D eigenvalue weighted by molar-refractivity contribution is 7.89. The monoisotopic (exact) mass is 331 g/mol. The second kappa shape index (κ2) is 7.14. The van der Waals surface area contributed by atoms with Gasteiger partial charge in [-0.2, -0.15) is 4.31 Å². The van der Waals surface area contributed by atoms with Gasteiger partial charge in [0, 0.05) is 31.3 Å². The van der Waals surface area contributed by atoms with E-state index in [0.717, 1.165) is 0 Å². The largest absolute Gasteiger partial charge is 0.473 e. The number of rotatable bonds is 6. The smallest absolute Gasteiger partial charge is 0.244 e. The Labute approximate surface area is 128 Å². The SMILES string of the molecule is NCC(=CF)COc1ccc(S(=O)(=O)N2CC[C@@H](O)C2)cn1. The molecular weight excluding hydrogens is 313 g/mol. The van der Waals surface area contributed by atoms with Crippen LogP contribution in [0.4, 0.5) is 4.39 Å². The summed E-state index contributed by atoms with van der Waals surface area (Å²) in [5.41, 5.74) is 5.56. The van der Waals surface area contributed by atoms with Crippen molar-refractivity contribution in [2.24, 2.45) is 5.73 Å². The van der Waals surface area contributed by atoms with Crippen molar-refractivity contribution in [2.75, 3.05) is 26.2 Å². The van der Waals surface area contributed by atoms with Crippen molar-refractivity contribution in [3.63, 3.8) is 0 Å². The average Bonchev–Trinajstić information content (AvgIpc) is 2.96. The summed E-state index contributed by atoms with van der Waals surface area (Å²) in [6.07, 6.45) is 1.34. The van der Waals surface area contributed by atoms with Crippen LogP contribution in [0.15, 0.2) is 35.1 Å². The number of aliphatic hydroxyl groups is 1. The Balaban J connectivity index is 2.05. The molecule has 1 fully saturated rings. The van der Waals surface area contributed by atoms with E-state index in [1.807, 2.05) is 0 Å². The molecule has 1 aliphatic heterocycles. The maximum atomic E-state index is 12.3. The molecule has 2 rings (SSSR count). The molecule has 122 valence electrons. The van der Waals surface area contributed by atoms with E-state index in [4.69, 9.17) is 10.5 Å². The topological polar surface area (TPSA) is 106 Å². The second-order valence-corrected chi connectivity index (χ2v) is 6.84. The van der Waals surface area contributed by atoms with Gasteiger partial charge in [-0.3, -0.25) is 0 Å². The van der Waals surface area contributed by atoms with Crippen molar-refractivity contribution < 1.29 is 22.7 Å². The zero-order valence-corrected chi connectivity index (χ0v) is 12.7. The van der Waals surface area contributed by atoms with Gasteiger partial charge in [-0.15, -0.1) is 0 Å². The standard InChI is InChI=1S/C13H18FN3O4S/c14-5-10(6-15)9-21-13-2-1-12(7-16-13)22(19,20)17-4-3-11(18)8-17/h1-2,5,7,11,18H,3-4,6,8-9,15H2/t11-/m1/s1. The van der Waals surface area contributed by atoms with Crippen LogP contribution in [0.2, 0.25) is 0 Å². The summed E-state index contributed by atoms with van der Waals surface area (Å²) in [5.74, 6) is 0.174. The summed E-state index contributed by atoms with van der Waals surface area (Å²) in [5, 5.41) is 9.43. The first-order chi connectivity index (χ1) is 10.5. The van der Waals surface area contributed by atoms with Crippen LogP contribution in [-0.2, 0) is 10.0 Å². The van der Waals surface area contributed by atoms with Crippen LogP contribution in [0, 0.1) is 0 Å². The third-order valence-electron chi connectivity index (χ3n) is 3.30. The quantitative estimate of drug-likeness (QED) is 0.762. The molecule has 0 bridgehead atoms. The van der Waals surface area contributed by atoms with E-state index < -0.39 is 16.1 Å². The molecule has 1 aromatic rings. The fourth-order valence-electron chi connectivity index (χ4n) is 1.98. The number of aliphatic hydroxyl groups excluding tert-OH is 1. The molecule has 0 amide bonds. The molecule has 1 aliphatic rings. The van der Waals surface area contributed by atoms with E-state index in [1.54, 1.807) is 0 Å². The van der Waals surface area contributed by atoms with E-state index in [9.17, 15) is 17.9 Å². The van der Waals surface area contributed by atoms with Gasteiger partial charge in [0.25, 0.3) is 0 Å². The van der Waals surface area contributed by atoms with Crippen molar-refractivity contribution in [2.45, 2.75) is 17.4 Å². The molecule has 7 nitrogen and oxygen atoms in total. The highest BCUT2D eigenvalue weighted by Gasteiger charge is 2.31. The summed E-state index contributed by atoms with van der Waals surface area (Å²) in [4.78, 5) is 3.92. The maximum absolute atomic E-state index is 12.3. The first-order valence-corrected chi connectivity index (χ1v) is 8.16. The summed E-state index contributed by atoms with van der Waals surface area (Å²) in [6.45, 7) is 0.343. The number of β-amino-alcohol motifs (C(OH)–C–C–N with tert-alkyl or cyclic N) is 1. The summed E-state index contributed by atoms with van der Waals surface area (Å²) < 4.78 is 43.4. The predicted molar refractivity (Wildman–Crippen MR) is 77.4 cm³/mol. The molecule has 1 atom stereocenters. The Morgan fingerprint density at radius 2 is 2.36 bits per heavy atom. The third kappa shape index (κ3) is 3.80. The molecule has 9 heteroatoms. The zero-order chi connectivity index (χ0) is 16.2. The molecule has 0 aromatic carbocycles. The molecule has 1 saturated heterocycles. The summed E-state index contributed by atoms with van der Waals surface area (Å²) >= 11 is 0. The van der Waals surface area contributed by atoms with Crippen LogP contribution < -0.4 is 10.5 Å². The van der Waals surface area contributed by atoms with Crippen molar-refractivity contribution in [1.29, 1.82) is 0 Å². The fraction of sp³-hybridized carbons (Fsp3) is 0.462. The van der Waals surface area contributed by atoms with Crippen LogP contribution in [0.25, 0.3) is 0 Å². The molecule has 1 aromatic heterocycles. The predicted octanol–water partition coefficient (Wildman–Crippen LogP) is 0.0278. The number of aromatic nitrogens is 1. The van der Waals surface area contributed by atoms with Gasteiger partial charge in [0.05, 0.1) is 18.6 Å². The van der Waals surface area contributed by atoms with Crippen LogP contribution in [-0.4, -0.2) is 55.2 Å². The van der Waals surface area contributed by atoms with E-state index in [-0.39, 0.29) is 42.6 Å². The number of ether oxygens (including phenoxy) is 1. The maximum Gasteiger partial charge on any atom is 0.244 e. The number of halogens is 1. The molecular formula is C13H18FN3O4S. The van der Waals surface area contributed by atoms with Gasteiger partial charge in [0.15, 0.2) is 0 Å². The van der Waals surface area contributed by atoms with Crippen LogP contribution in [0.1, 0.15) is 6.42 Å². The van der Waals surface area contributed by atoms with Crippen molar-refractivity contribution in [3.05, 3.63) is 30.2 Å². The molecule has 0 unspecified atom stereocenters. The normalized spacial score (nSPS) is 20.3. The van der Waals surface area contributed by atoms with E-state index in [1.165, 1.54) is 22.6 Å². The Hall–Kier alpha value is -1.55. The molecule has 0 saturated carbocycles. The summed E-state index contributed by atoms with van der Waals surface area (Å²) in [7, 11) is -3.67. The first kappa shape index (κ1) is 16.8. The van der Waals surface area contributed by atoms with Gasteiger partial charge in [-0.25, -0.2) is 17.8 Å². The number of nitrogens with zero attached hydrogens (tertiary/aromatic N) is 2. The van der Waals surface area contributed by atoms with Crippen molar-refractivity contribution in [3.8, 4) is 5.88 Å². The lowest BCUT2D eigenvalue weighted by atomic mass is 10.3. The van der Waals surface area contributed by atoms with E-state index in [2.05, 4.69) is 4.98 Å². The minimum atomic E-state index is -3.67. The first-order valence-electron chi connectivity index (χ1n) is 6.72. The lowest BCUT2D eigenvalue weighted by Crippen LogP contribution is -2.29. The highest BCUT2D eigenvalue weighted by atomic mass is 32.2. The molecule has 2 heterocycles. The van der Waals surface area contributed by atoms with Crippen LogP contribution in [0.3, 0.4) is 0 Å². The third-order valence-corrected chi connectivity index (χ3v) is 5.14. The molecule has 3 N–H and O–H groups in total. The Bertz CT molecular complexity index is 633. The molecule has 22 heavy (non-hydrogen) atoms. The van der Waals surface area contributed by atoms with Gasteiger partial charge in [0.1, 0.15) is 11.5 Å². The minimum Gasteiger partial charge on any atom is -0.473 e. The van der Waals surface area contributed by atoms with Gasteiger partial charge < -0.3 is 15.6 Å². The Kier molecular flexibility index (Phi) is 5.46. The van der Waals surface area contributed by atoms with Crippen LogP contribution >= 0.6 is 0 Å². The van der Waals surface area contributed by atoms with E-state index >= 15 is 0 Å². The number of nitrogens with two attached hydrogens (primary N) is 1. The molecule has 0 spiro atoms. The van der Waals surface area contributed by atoms with E-state index in [0.29, 0.717) is 12.8 Å². The number of hydrogen-bond acceptors (Lipinski definition) is 6. The van der Waals surface area contributed by atoms with Gasteiger partial charge in [0.2, 0.25) is 15.9 Å². The van der Waals surface area contributed by atoms with Gasteiger partial charge in [-0.1, -0.05) is 0 Å². The lowest BCUT2D eigenvalue weighted by molar-refractivity contribution is 0.189. The molecule has 0 aliphatic carbocycles. The Morgan fingerprint density at radius 3 is 2.86 bits per heavy atom. The van der Waals surface area contributed by atoms with Gasteiger partial charge in [-0.05, 0) is 12.5 Å². The van der Waals surface area contributed by atoms with Crippen molar-refractivity contribution in [1.82, 2.24) is 9.29 Å². The van der Waals surface area contributed by atoms with Crippen LogP contribution in [0.5, 0.6) is 5.88 Å². The van der Waals surface area contributed by atoms with Gasteiger partial charge >= 0.3 is 0 Å². The average molecular weight is 331 g/mol. The zero-order valence-electron chi connectivity index (χ0n) is 11.9. The number of pyridine rings is 1. The molecule has 0 radical (unpaired) electrons. The van der Waals surface area contributed by atoms with Crippen molar-refractivity contribution >= 4 is 10.0 Å². The minimum absolute atomic E-state index is 0.0223. The lowest BCUT2D eigenvalue weighted by Gasteiger charge is -2.15. The fourth-order valence-corrected chi connectivity index (χ4v) is 3.42. The Morgan fingerprint density at radius 1 is 1.59 bits per heavy atom. The number of sulfonamides is 1. The second-order valence-electron chi connectivity index (χ2n) is 4.90.